The number of rotatable bonds is 6. The Morgan fingerprint density at radius 2 is 2.13 bits per heavy atom. The van der Waals surface area contributed by atoms with E-state index in [-0.39, 0.29) is 0 Å². The van der Waals surface area contributed by atoms with E-state index in [1.54, 1.807) is 11.8 Å². The zero-order valence-electron chi connectivity index (χ0n) is 8.83. The molecule has 0 bridgehead atoms. The molecule has 0 N–H and O–H groups in total. The normalized spacial score (nSPS) is 10.3. The van der Waals surface area contributed by atoms with Gasteiger partial charge in [0.25, 0.3) is 0 Å². The van der Waals surface area contributed by atoms with Crippen molar-refractivity contribution in [3.63, 3.8) is 0 Å². The van der Waals surface area contributed by atoms with Crippen molar-refractivity contribution in [1.82, 2.24) is 0 Å². The van der Waals surface area contributed by atoms with E-state index >= 15 is 0 Å². The van der Waals surface area contributed by atoms with Crippen LogP contribution in [-0.2, 0) is 10.5 Å². The van der Waals surface area contributed by atoms with Crippen molar-refractivity contribution >= 4 is 29.1 Å². The van der Waals surface area contributed by atoms with Crippen LogP contribution in [0.5, 0.6) is 0 Å². The van der Waals surface area contributed by atoms with Crippen LogP contribution >= 0.6 is 23.4 Å². The molecule has 0 heterocycles. The van der Waals surface area contributed by atoms with E-state index in [4.69, 9.17) is 11.6 Å². The minimum Gasteiger partial charge on any atom is -0.299 e. The van der Waals surface area contributed by atoms with Crippen molar-refractivity contribution in [1.29, 1.82) is 0 Å². The van der Waals surface area contributed by atoms with E-state index in [0.717, 1.165) is 22.8 Å². The summed E-state index contributed by atoms with van der Waals surface area (Å²) in [4.78, 5) is 11.3. The van der Waals surface area contributed by atoms with Crippen LogP contribution in [0.3, 0.4) is 0 Å². The molecule has 0 aliphatic carbocycles. The smallest absolute Gasteiger partial charge is 0.142 e. The highest BCUT2D eigenvalue weighted by atomic mass is 35.5. The van der Waals surface area contributed by atoms with E-state index in [0.29, 0.717) is 18.0 Å². The number of hydrogen-bond donors (Lipinski definition) is 0. The molecule has 0 saturated carbocycles. The quantitative estimate of drug-likeness (QED) is 0.752. The monoisotopic (exact) mass is 242 g/mol. The molecule has 0 unspecified atom stereocenters. The van der Waals surface area contributed by atoms with E-state index in [2.05, 4.69) is 0 Å². The number of ketones is 1. The number of Topliss-reactive ketones (excluding diaryl/α,β-unsaturated/α-hetero) is 1. The van der Waals surface area contributed by atoms with Gasteiger partial charge in [0.15, 0.2) is 0 Å². The fourth-order valence-corrected chi connectivity index (χ4v) is 2.47. The van der Waals surface area contributed by atoms with Crippen LogP contribution < -0.4 is 0 Å². The second-order valence-electron chi connectivity index (χ2n) is 3.37. The molecule has 0 spiro atoms. The molecule has 82 valence electrons. The van der Waals surface area contributed by atoms with Gasteiger partial charge in [0.05, 0.1) is 5.75 Å². The third-order valence-electron chi connectivity index (χ3n) is 2.01. The molecule has 1 rings (SSSR count). The topological polar surface area (TPSA) is 17.1 Å². The van der Waals surface area contributed by atoms with Gasteiger partial charge in [-0.25, -0.2) is 0 Å². The van der Waals surface area contributed by atoms with Crippen LogP contribution in [0.1, 0.15) is 25.3 Å². The molecule has 1 nitrogen and oxygen atoms in total. The van der Waals surface area contributed by atoms with Crippen molar-refractivity contribution in [3.05, 3.63) is 34.9 Å². The van der Waals surface area contributed by atoms with E-state index in [1.807, 2.05) is 31.2 Å². The molecule has 0 aliphatic heterocycles. The summed E-state index contributed by atoms with van der Waals surface area (Å²) in [5.74, 6) is 1.74. The maximum absolute atomic E-state index is 11.3. The maximum Gasteiger partial charge on any atom is 0.142 e. The Morgan fingerprint density at radius 1 is 1.40 bits per heavy atom. The number of benzene rings is 1. The fourth-order valence-electron chi connectivity index (χ4n) is 1.24. The molecule has 0 aliphatic rings. The lowest BCUT2D eigenvalue weighted by atomic mass is 10.2. The molecule has 0 amide bonds. The van der Waals surface area contributed by atoms with Crippen LogP contribution in [0.25, 0.3) is 0 Å². The predicted octanol–water partition coefficient (Wildman–Crippen LogP) is 3.94. The lowest BCUT2D eigenvalue weighted by Gasteiger charge is -2.03. The molecule has 3 heteroatoms. The summed E-state index contributed by atoms with van der Waals surface area (Å²) in [5.41, 5.74) is 1.11. The average molecular weight is 243 g/mol. The highest BCUT2D eigenvalue weighted by Crippen LogP contribution is 2.20. The molecular formula is C12H15ClOS. The number of halogens is 1. The minimum absolute atomic E-state index is 0.328. The van der Waals surface area contributed by atoms with Crippen LogP contribution in [-0.4, -0.2) is 11.5 Å². The summed E-state index contributed by atoms with van der Waals surface area (Å²) in [7, 11) is 0. The lowest BCUT2D eigenvalue weighted by molar-refractivity contribution is -0.116. The van der Waals surface area contributed by atoms with Crippen LogP contribution in [0.2, 0.25) is 5.02 Å². The zero-order valence-corrected chi connectivity index (χ0v) is 10.4. The average Bonchev–Trinajstić information content (AvgIpc) is 2.21. The van der Waals surface area contributed by atoms with E-state index in [9.17, 15) is 4.79 Å². The summed E-state index contributed by atoms with van der Waals surface area (Å²) in [5, 5.41) is 0.785. The molecule has 1 aromatic carbocycles. The second-order valence-corrected chi connectivity index (χ2v) is 4.77. The Kier molecular flexibility index (Phi) is 5.81. The van der Waals surface area contributed by atoms with Crippen molar-refractivity contribution < 1.29 is 4.79 Å². The van der Waals surface area contributed by atoms with E-state index in [1.165, 1.54) is 0 Å². The number of carbonyl (C=O) groups is 1. The first-order chi connectivity index (χ1) is 7.24. The Hall–Kier alpha value is -0.470. The number of carbonyl (C=O) groups excluding carboxylic acids is 1. The molecule has 0 radical (unpaired) electrons. The maximum atomic E-state index is 11.3. The van der Waals surface area contributed by atoms with Gasteiger partial charge in [0.1, 0.15) is 5.78 Å². The fraction of sp³-hybridized carbons (Fsp3) is 0.417. The van der Waals surface area contributed by atoms with Crippen molar-refractivity contribution in [3.8, 4) is 0 Å². The van der Waals surface area contributed by atoms with Crippen LogP contribution in [0, 0.1) is 0 Å². The standard InChI is InChI=1S/C12H15ClOS/c1-2-5-11(14)9-15-8-10-6-3-4-7-12(10)13/h3-4,6-7H,2,5,8-9H2,1H3. The molecule has 0 atom stereocenters. The number of hydrogen-bond acceptors (Lipinski definition) is 2. The summed E-state index contributed by atoms with van der Waals surface area (Å²) in [6.07, 6.45) is 1.63. The minimum atomic E-state index is 0.328. The summed E-state index contributed by atoms with van der Waals surface area (Å²) in [6, 6.07) is 7.76. The lowest BCUT2D eigenvalue weighted by Crippen LogP contribution is -2.00. The largest absolute Gasteiger partial charge is 0.299 e. The number of thioether (sulfide) groups is 1. The Labute approximate surface area is 100 Å². The highest BCUT2D eigenvalue weighted by Gasteiger charge is 2.02. The molecule has 15 heavy (non-hydrogen) atoms. The van der Waals surface area contributed by atoms with Gasteiger partial charge in [-0.3, -0.25) is 4.79 Å². The van der Waals surface area contributed by atoms with Crippen LogP contribution in [0.15, 0.2) is 24.3 Å². The SMILES string of the molecule is CCCC(=O)CSCc1ccccc1Cl. The van der Waals surface area contributed by atoms with Crippen molar-refractivity contribution in [2.75, 3.05) is 5.75 Å². The van der Waals surface area contributed by atoms with Gasteiger partial charge < -0.3 is 0 Å². The van der Waals surface area contributed by atoms with Crippen molar-refractivity contribution in [2.45, 2.75) is 25.5 Å². The van der Waals surface area contributed by atoms with Gasteiger partial charge in [-0.1, -0.05) is 36.7 Å². The summed E-state index contributed by atoms with van der Waals surface area (Å²) in [6.45, 7) is 2.02. The van der Waals surface area contributed by atoms with Gasteiger partial charge >= 0.3 is 0 Å². The van der Waals surface area contributed by atoms with Gasteiger partial charge in [0.2, 0.25) is 0 Å². The highest BCUT2D eigenvalue weighted by molar-refractivity contribution is 7.99. The molecule has 1 aromatic rings. The van der Waals surface area contributed by atoms with E-state index < -0.39 is 0 Å². The molecular weight excluding hydrogens is 228 g/mol. The Morgan fingerprint density at radius 3 is 2.80 bits per heavy atom. The first-order valence-electron chi connectivity index (χ1n) is 5.07. The molecule has 0 saturated heterocycles. The molecule has 0 aromatic heterocycles. The van der Waals surface area contributed by atoms with Gasteiger partial charge in [-0.15, -0.1) is 11.8 Å². The molecule has 0 fully saturated rings. The third kappa shape index (κ3) is 4.72. The first kappa shape index (κ1) is 12.6. The van der Waals surface area contributed by atoms with Gasteiger partial charge in [0, 0.05) is 17.2 Å². The first-order valence-corrected chi connectivity index (χ1v) is 6.60. The van der Waals surface area contributed by atoms with Gasteiger partial charge in [-0.05, 0) is 18.1 Å². The van der Waals surface area contributed by atoms with Gasteiger partial charge in [-0.2, -0.15) is 0 Å². The summed E-state index contributed by atoms with van der Waals surface area (Å²) >= 11 is 7.64. The Bertz CT molecular complexity index is 325. The van der Waals surface area contributed by atoms with Crippen LogP contribution in [0.4, 0.5) is 0 Å². The zero-order chi connectivity index (χ0) is 11.1. The third-order valence-corrected chi connectivity index (χ3v) is 3.42. The van der Waals surface area contributed by atoms with Crippen molar-refractivity contribution in [2.24, 2.45) is 0 Å². The predicted molar refractivity (Wildman–Crippen MR) is 67.5 cm³/mol. The second kappa shape index (κ2) is 6.91. The Balaban J connectivity index is 2.32. The summed E-state index contributed by atoms with van der Waals surface area (Å²) < 4.78 is 0.